The lowest BCUT2D eigenvalue weighted by Crippen LogP contribution is -2.42. The number of hydrogen-bond acceptors (Lipinski definition) is 4. The molecule has 2 heterocycles. The molecule has 0 spiro atoms. The Morgan fingerprint density at radius 1 is 1.35 bits per heavy atom. The van der Waals surface area contributed by atoms with Gasteiger partial charge in [-0.1, -0.05) is 18.2 Å². The Morgan fingerprint density at radius 2 is 2.09 bits per heavy atom. The minimum atomic E-state index is -3.68. The van der Waals surface area contributed by atoms with Crippen LogP contribution in [0.1, 0.15) is 23.3 Å². The average Bonchev–Trinajstić information content (AvgIpc) is 2.85. The van der Waals surface area contributed by atoms with Crippen molar-refractivity contribution in [1.29, 1.82) is 0 Å². The molecule has 1 saturated heterocycles. The number of fused-ring (bicyclic) bond motifs is 1. The average molecular weight is 353 g/mol. The van der Waals surface area contributed by atoms with Gasteiger partial charge in [-0.2, -0.15) is 4.31 Å². The first kappa shape index (κ1) is 16.4. The van der Waals surface area contributed by atoms with Crippen molar-refractivity contribution in [1.82, 2.24) is 4.31 Å². The maximum atomic E-state index is 13.1. The van der Waals surface area contributed by atoms with Gasteiger partial charge in [-0.3, -0.25) is 4.79 Å². The topological polar surface area (TPSA) is 74.7 Å². The van der Waals surface area contributed by atoms with Gasteiger partial charge in [0, 0.05) is 28.1 Å². The quantitative estimate of drug-likeness (QED) is 0.920. The predicted octanol–water partition coefficient (Wildman–Crippen LogP) is 3.00. The summed E-state index contributed by atoms with van der Waals surface area (Å²) in [5.74, 6) is -1.54. The number of carboxylic acids is 1. The third-order valence-corrected chi connectivity index (χ3v) is 7.80. The van der Waals surface area contributed by atoms with Crippen molar-refractivity contribution in [2.75, 3.05) is 13.1 Å². The highest BCUT2D eigenvalue weighted by atomic mass is 32.2. The largest absolute Gasteiger partial charge is 0.481 e. The summed E-state index contributed by atoms with van der Waals surface area (Å²) in [5, 5.41) is 9.94. The molecule has 0 amide bonds. The van der Waals surface area contributed by atoms with Crippen molar-refractivity contribution in [3.8, 4) is 0 Å². The molecular formula is C16H19NO4S2. The molecule has 1 aliphatic heterocycles. The third kappa shape index (κ3) is 2.77. The first-order valence-electron chi connectivity index (χ1n) is 7.54. The van der Waals surface area contributed by atoms with E-state index < -0.39 is 21.9 Å². The van der Waals surface area contributed by atoms with Crippen molar-refractivity contribution < 1.29 is 18.3 Å². The molecule has 1 aromatic carbocycles. The summed E-state index contributed by atoms with van der Waals surface area (Å²) < 4.78 is 28.5. The number of carbonyl (C=O) groups is 1. The summed E-state index contributed by atoms with van der Waals surface area (Å²) in [7, 11) is -3.68. The highest BCUT2D eigenvalue weighted by Gasteiger charge is 2.35. The van der Waals surface area contributed by atoms with Gasteiger partial charge in [0.15, 0.2) is 0 Å². The molecule has 2 aromatic rings. The van der Waals surface area contributed by atoms with E-state index in [9.17, 15) is 18.3 Å². The molecule has 1 fully saturated rings. The summed E-state index contributed by atoms with van der Waals surface area (Å²) in [6.45, 7) is 4.22. The van der Waals surface area contributed by atoms with Crippen molar-refractivity contribution in [2.45, 2.75) is 31.6 Å². The maximum Gasteiger partial charge on any atom is 0.307 e. The van der Waals surface area contributed by atoms with Gasteiger partial charge < -0.3 is 5.11 Å². The zero-order chi connectivity index (χ0) is 16.8. The molecule has 0 saturated carbocycles. The van der Waals surface area contributed by atoms with Gasteiger partial charge in [0.25, 0.3) is 0 Å². The Morgan fingerprint density at radius 3 is 2.78 bits per heavy atom. The van der Waals surface area contributed by atoms with E-state index in [1.165, 1.54) is 15.6 Å². The Kier molecular flexibility index (Phi) is 4.20. The summed E-state index contributed by atoms with van der Waals surface area (Å²) in [5.41, 5.74) is 1.05. The second-order valence-corrected chi connectivity index (χ2v) is 9.08. The number of nitrogens with zero attached hydrogens (tertiary/aromatic N) is 1. The van der Waals surface area contributed by atoms with Crippen LogP contribution in [0.2, 0.25) is 0 Å². The summed E-state index contributed by atoms with van der Waals surface area (Å²) in [4.78, 5) is 12.3. The van der Waals surface area contributed by atoms with Crippen LogP contribution in [-0.4, -0.2) is 36.9 Å². The molecule has 0 radical (unpaired) electrons. The molecular weight excluding hydrogens is 334 g/mol. The van der Waals surface area contributed by atoms with E-state index in [4.69, 9.17) is 0 Å². The van der Waals surface area contributed by atoms with Crippen LogP contribution in [-0.2, 0) is 14.8 Å². The first-order chi connectivity index (χ1) is 10.8. The Bertz CT molecular complexity index is 870. The second kappa shape index (κ2) is 5.89. The maximum absolute atomic E-state index is 13.1. The number of thiophene rings is 1. The fraction of sp³-hybridized carbons (Fsp3) is 0.438. The number of aryl methyl sites for hydroxylation is 2. The molecule has 1 aliphatic rings. The van der Waals surface area contributed by atoms with Gasteiger partial charge in [0.1, 0.15) is 4.90 Å². The summed E-state index contributed by atoms with van der Waals surface area (Å²) in [6.07, 6.45) is 1.11. The zero-order valence-corrected chi connectivity index (χ0v) is 14.7. The van der Waals surface area contributed by atoms with Gasteiger partial charge in [0.05, 0.1) is 5.92 Å². The number of rotatable bonds is 3. The molecule has 23 heavy (non-hydrogen) atoms. The SMILES string of the molecule is Cc1sc2c(C)cccc2c1S(=O)(=O)N1CCCC(C(=O)O)C1. The molecule has 5 nitrogen and oxygen atoms in total. The normalized spacial score (nSPS) is 20.0. The lowest BCUT2D eigenvalue weighted by atomic mass is 10.0. The van der Waals surface area contributed by atoms with Gasteiger partial charge in [-0.15, -0.1) is 11.3 Å². The predicted molar refractivity (Wildman–Crippen MR) is 90.4 cm³/mol. The molecule has 1 unspecified atom stereocenters. The smallest absolute Gasteiger partial charge is 0.307 e. The highest BCUT2D eigenvalue weighted by molar-refractivity contribution is 7.89. The minimum absolute atomic E-state index is 0.0558. The lowest BCUT2D eigenvalue weighted by Gasteiger charge is -2.29. The number of piperidine rings is 1. The fourth-order valence-corrected chi connectivity index (χ4v) is 6.51. The van der Waals surface area contributed by atoms with Crippen LogP contribution in [0, 0.1) is 19.8 Å². The van der Waals surface area contributed by atoms with Crippen molar-refractivity contribution in [2.24, 2.45) is 5.92 Å². The molecule has 124 valence electrons. The van der Waals surface area contributed by atoms with Crippen LogP contribution in [0.5, 0.6) is 0 Å². The Balaban J connectivity index is 2.08. The third-order valence-electron chi connectivity index (χ3n) is 4.36. The minimum Gasteiger partial charge on any atom is -0.481 e. The summed E-state index contributed by atoms with van der Waals surface area (Å²) in [6, 6.07) is 5.66. The van der Waals surface area contributed by atoms with E-state index in [2.05, 4.69) is 0 Å². The fourth-order valence-electron chi connectivity index (χ4n) is 3.17. The zero-order valence-electron chi connectivity index (χ0n) is 13.1. The molecule has 1 aromatic heterocycles. The molecule has 0 aliphatic carbocycles. The van der Waals surface area contributed by atoms with Crippen molar-refractivity contribution in [3.05, 3.63) is 28.6 Å². The Hall–Kier alpha value is -1.44. The number of benzene rings is 1. The molecule has 1 atom stereocenters. The Labute approximate surface area is 139 Å². The van der Waals surface area contributed by atoms with E-state index >= 15 is 0 Å². The van der Waals surface area contributed by atoms with Crippen LogP contribution in [0.4, 0.5) is 0 Å². The van der Waals surface area contributed by atoms with Crippen LogP contribution >= 0.6 is 11.3 Å². The molecule has 0 bridgehead atoms. The molecule has 7 heteroatoms. The second-order valence-electron chi connectivity index (χ2n) is 5.98. The number of carboxylic acid groups (broad SMARTS) is 1. The van der Waals surface area contributed by atoms with E-state index in [0.29, 0.717) is 24.3 Å². The van der Waals surface area contributed by atoms with E-state index in [1.54, 1.807) is 0 Å². The van der Waals surface area contributed by atoms with Crippen LogP contribution in [0.25, 0.3) is 10.1 Å². The number of aliphatic carboxylic acids is 1. The van der Waals surface area contributed by atoms with Gasteiger partial charge in [0.2, 0.25) is 10.0 Å². The monoisotopic (exact) mass is 353 g/mol. The van der Waals surface area contributed by atoms with E-state index in [1.807, 2.05) is 32.0 Å². The van der Waals surface area contributed by atoms with E-state index in [-0.39, 0.29) is 6.54 Å². The van der Waals surface area contributed by atoms with Crippen molar-refractivity contribution in [3.63, 3.8) is 0 Å². The standard InChI is InChI=1S/C16H19NO4S2/c1-10-5-3-7-13-14(10)22-11(2)15(13)23(20,21)17-8-4-6-12(9-17)16(18)19/h3,5,7,12H,4,6,8-9H2,1-2H3,(H,18,19). The highest BCUT2D eigenvalue weighted by Crippen LogP contribution is 2.38. The van der Waals surface area contributed by atoms with E-state index in [0.717, 1.165) is 20.5 Å². The lowest BCUT2D eigenvalue weighted by molar-refractivity contribution is -0.142. The van der Waals surface area contributed by atoms with Crippen LogP contribution in [0.3, 0.4) is 0 Å². The molecule has 1 N–H and O–H groups in total. The summed E-state index contributed by atoms with van der Waals surface area (Å²) >= 11 is 1.48. The van der Waals surface area contributed by atoms with Crippen LogP contribution in [0.15, 0.2) is 23.1 Å². The number of sulfonamides is 1. The van der Waals surface area contributed by atoms with Gasteiger partial charge >= 0.3 is 5.97 Å². The van der Waals surface area contributed by atoms with Gasteiger partial charge in [-0.25, -0.2) is 8.42 Å². The molecule has 3 rings (SSSR count). The van der Waals surface area contributed by atoms with Gasteiger partial charge in [-0.05, 0) is 32.3 Å². The van der Waals surface area contributed by atoms with Crippen molar-refractivity contribution >= 4 is 37.4 Å². The number of hydrogen-bond donors (Lipinski definition) is 1. The first-order valence-corrected chi connectivity index (χ1v) is 9.79. The van der Waals surface area contributed by atoms with Crippen LogP contribution < -0.4 is 0 Å².